The molecule has 0 aliphatic heterocycles. The topological polar surface area (TPSA) is 41.1 Å². The van der Waals surface area contributed by atoms with Gasteiger partial charge >= 0.3 is 0 Å². The van der Waals surface area contributed by atoms with E-state index in [-0.39, 0.29) is 0 Å². The Morgan fingerprint density at radius 3 is 2.72 bits per heavy atom. The summed E-state index contributed by atoms with van der Waals surface area (Å²) in [5.74, 6) is 0.739. The van der Waals surface area contributed by atoms with Crippen molar-refractivity contribution in [3.8, 4) is 0 Å². The highest BCUT2D eigenvalue weighted by Gasteiger charge is 2.13. The van der Waals surface area contributed by atoms with Gasteiger partial charge in [-0.05, 0) is 18.9 Å². The summed E-state index contributed by atoms with van der Waals surface area (Å²) in [5, 5.41) is 8.80. The molecular formula is C13H26N4S. The van der Waals surface area contributed by atoms with Crippen LogP contribution in [0.25, 0.3) is 0 Å². The third-order valence-electron chi connectivity index (χ3n) is 3.18. The number of nitrogens with zero attached hydrogens (tertiary/aromatic N) is 3. The van der Waals surface area contributed by atoms with Crippen molar-refractivity contribution in [2.75, 3.05) is 25.0 Å². The molecule has 1 aromatic heterocycles. The van der Waals surface area contributed by atoms with Crippen LogP contribution in [0.3, 0.4) is 0 Å². The molecule has 1 atom stereocenters. The van der Waals surface area contributed by atoms with Crippen LogP contribution in [0.4, 0.5) is 5.00 Å². The average molecular weight is 270 g/mol. The first-order valence-corrected chi connectivity index (χ1v) is 7.75. The molecule has 1 N–H and O–H groups in total. The third-order valence-corrected chi connectivity index (χ3v) is 3.90. The van der Waals surface area contributed by atoms with E-state index in [1.807, 2.05) is 0 Å². The highest BCUT2D eigenvalue weighted by Crippen LogP contribution is 2.20. The van der Waals surface area contributed by atoms with Crippen LogP contribution >= 0.6 is 11.5 Å². The normalized spacial score (nSPS) is 12.9. The monoisotopic (exact) mass is 270 g/mol. The summed E-state index contributed by atoms with van der Waals surface area (Å²) in [6, 6.07) is 0. The van der Waals surface area contributed by atoms with Crippen LogP contribution in [0.5, 0.6) is 0 Å². The molecule has 0 aromatic carbocycles. The minimum atomic E-state index is 0.739. The van der Waals surface area contributed by atoms with E-state index in [4.69, 9.17) is 0 Å². The Morgan fingerprint density at radius 2 is 2.11 bits per heavy atom. The van der Waals surface area contributed by atoms with Crippen LogP contribution in [0, 0.1) is 5.92 Å². The van der Waals surface area contributed by atoms with Gasteiger partial charge in [-0.15, -0.1) is 5.10 Å². The van der Waals surface area contributed by atoms with Crippen LogP contribution in [-0.2, 0) is 6.54 Å². The van der Waals surface area contributed by atoms with Crippen molar-refractivity contribution in [1.82, 2.24) is 14.5 Å². The summed E-state index contributed by atoms with van der Waals surface area (Å²) in [6.45, 7) is 13.0. The van der Waals surface area contributed by atoms with Crippen molar-refractivity contribution in [2.24, 2.45) is 5.92 Å². The van der Waals surface area contributed by atoms with Crippen molar-refractivity contribution in [1.29, 1.82) is 0 Å². The van der Waals surface area contributed by atoms with Crippen LogP contribution in [0.2, 0.25) is 0 Å². The van der Waals surface area contributed by atoms with Gasteiger partial charge in [0.05, 0.1) is 0 Å². The molecule has 0 saturated heterocycles. The van der Waals surface area contributed by atoms with Gasteiger partial charge in [0.1, 0.15) is 10.7 Å². The van der Waals surface area contributed by atoms with E-state index in [2.05, 4.69) is 47.5 Å². The SMILES string of the molecule is CCCNc1snnc1CN(CC)CC(C)CC. The molecule has 0 aliphatic rings. The number of hydrogen-bond acceptors (Lipinski definition) is 5. The summed E-state index contributed by atoms with van der Waals surface area (Å²) in [7, 11) is 0. The van der Waals surface area contributed by atoms with Gasteiger partial charge in [-0.2, -0.15) is 0 Å². The van der Waals surface area contributed by atoms with Crippen LogP contribution in [-0.4, -0.2) is 34.1 Å². The van der Waals surface area contributed by atoms with E-state index in [9.17, 15) is 0 Å². The number of hydrogen-bond donors (Lipinski definition) is 1. The molecule has 1 rings (SSSR count). The van der Waals surface area contributed by atoms with E-state index >= 15 is 0 Å². The molecule has 18 heavy (non-hydrogen) atoms. The molecular weight excluding hydrogens is 244 g/mol. The van der Waals surface area contributed by atoms with Crippen molar-refractivity contribution in [3.63, 3.8) is 0 Å². The first-order chi connectivity index (χ1) is 8.71. The molecule has 0 aliphatic carbocycles. The molecule has 1 aromatic rings. The Balaban J connectivity index is 2.55. The van der Waals surface area contributed by atoms with Crippen LogP contribution < -0.4 is 5.32 Å². The maximum atomic E-state index is 4.25. The van der Waals surface area contributed by atoms with Crippen molar-refractivity contribution < 1.29 is 0 Å². The zero-order valence-corrected chi connectivity index (χ0v) is 12.9. The molecule has 4 nitrogen and oxygen atoms in total. The summed E-state index contributed by atoms with van der Waals surface area (Å²) in [4.78, 5) is 2.45. The zero-order valence-electron chi connectivity index (χ0n) is 12.1. The fraction of sp³-hybridized carbons (Fsp3) is 0.846. The fourth-order valence-electron chi connectivity index (χ4n) is 1.77. The van der Waals surface area contributed by atoms with Gasteiger partial charge in [-0.3, -0.25) is 4.90 Å². The molecule has 0 spiro atoms. The molecule has 104 valence electrons. The van der Waals surface area contributed by atoms with Gasteiger partial charge in [-0.25, -0.2) is 0 Å². The average Bonchev–Trinajstić information content (AvgIpc) is 2.82. The second kappa shape index (κ2) is 8.43. The number of rotatable bonds is 9. The van der Waals surface area contributed by atoms with Gasteiger partial charge < -0.3 is 5.32 Å². The maximum absolute atomic E-state index is 4.25. The van der Waals surface area contributed by atoms with Crippen molar-refractivity contribution in [3.05, 3.63) is 5.69 Å². The molecule has 5 heteroatoms. The highest BCUT2D eigenvalue weighted by molar-refractivity contribution is 7.10. The van der Waals surface area contributed by atoms with Gasteiger partial charge in [0.15, 0.2) is 0 Å². The lowest BCUT2D eigenvalue weighted by molar-refractivity contribution is 0.236. The Bertz CT molecular complexity index is 327. The Kier molecular flexibility index (Phi) is 7.20. The van der Waals surface area contributed by atoms with E-state index in [1.54, 1.807) is 0 Å². The van der Waals surface area contributed by atoms with E-state index < -0.39 is 0 Å². The molecule has 0 bridgehead atoms. The predicted octanol–water partition coefficient (Wildman–Crippen LogP) is 3.23. The minimum Gasteiger partial charge on any atom is -0.374 e. The summed E-state index contributed by atoms with van der Waals surface area (Å²) in [6.07, 6.45) is 2.36. The smallest absolute Gasteiger partial charge is 0.134 e. The first kappa shape index (κ1) is 15.4. The Labute approximate surface area is 115 Å². The number of anilines is 1. The van der Waals surface area contributed by atoms with Crippen molar-refractivity contribution in [2.45, 2.75) is 47.1 Å². The maximum Gasteiger partial charge on any atom is 0.134 e. The molecule has 0 amide bonds. The van der Waals surface area contributed by atoms with Gasteiger partial charge in [0, 0.05) is 31.2 Å². The lowest BCUT2D eigenvalue weighted by atomic mass is 10.1. The van der Waals surface area contributed by atoms with Crippen LogP contribution in [0.1, 0.15) is 46.2 Å². The second-order valence-corrected chi connectivity index (χ2v) is 5.57. The molecule has 1 unspecified atom stereocenters. The largest absolute Gasteiger partial charge is 0.374 e. The molecule has 0 saturated carbocycles. The number of nitrogens with one attached hydrogen (secondary N) is 1. The number of aromatic nitrogens is 2. The molecule has 0 radical (unpaired) electrons. The highest BCUT2D eigenvalue weighted by atomic mass is 32.1. The van der Waals surface area contributed by atoms with E-state index in [0.29, 0.717) is 0 Å². The molecule has 0 fully saturated rings. The summed E-state index contributed by atoms with van der Waals surface area (Å²) >= 11 is 1.47. The van der Waals surface area contributed by atoms with E-state index in [1.165, 1.54) is 18.0 Å². The lowest BCUT2D eigenvalue weighted by Gasteiger charge is -2.23. The fourth-order valence-corrected chi connectivity index (χ4v) is 2.37. The third kappa shape index (κ3) is 4.90. The summed E-state index contributed by atoms with van der Waals surface area (Å²) in [5.41, 5.74) is 1.10. The standard InChI is InChI=1S/C13H26N4S/c1-5-8-14-13-12(15-16-18-13)10-17(7-3)9-11(4)6-2/h11,14H,5-10H2,1-4H3. The van der Waals surface area contributed by atoms with E-state index in [0.717, 1.165) is 49.2 Å². The summed E-state index contributed by atoms with van der Waals surface area (Å²) < 4.78 is 4.06. The van der Waals surface area contributed by atoms with Crippen LogP contribution in [0.15, 0.2) is 0 Å². The quantitative estimate of drug-likeness (QED) is 0.748. The van der Waals surface area contributed by atoms with Gasteiger partial charge in [0.2, 0.25) is 0 Å². The lowest BCUT2D eigenvalue weighted by Crippen LogP contribution is -2.28. The first-order valence-electron chi connectivity index (χ1n) is 6.98. The predicted molar refractivity (Wildman–Crippen MR) is 79.1 cm³/mol. The Morgan fingerprint density at radius 1 is 1.33 bits per heavy atom. The van der Waals surface area contributed by atoms with Crippen molar-refractivity contribution >= 4 is 16.5 Å². The van der Waals surface area contributed by atoms with Gasteiger partial charge in [-0.1, -0.05) is 38.6 Å². The minimum absolute atomic E-state index is 0.739. The Hall–Kier alpha value is -0.680. The van der Waals surface area contributed by atoms with Gasteiger partial charge in [0.25, 0.3) is 0 Å². The second-order valence-electron chi connectivity index (χ2n) is 4.82. The zero-order chi connectivity index (χ0) is 13.4. The molecule has 1 heterocycles.